The minimum atomic E-state index is -0.227. The Morgan fingerprint density at radius 1 is 1.47 bits per heavy atom. The van der Waals surface area contributed by atoms with E-state index in [1.54, 1.807) is 6.07 Å². The zero-order valence-electron chi connectivity index (χ0n) is 9.76. The Labute approximate surface area is 110 Å². The summed E-state index contributed by atoms with van der Waals surface area (Å²) < 4.78 is 13.8. The predicted molar refractivity (Wildman–Crippen MR) is 71.2 cm³/mol. The maximum atomic E-state index is 13.0. The smallest absolute Gasteiger partial charge is 0.124 e. The highest BCUT2D eigenvalue weighted by molar-refractivity contribution is 9.10. The first-order valence-corrected chi connectivity index (χ1v) is 6.88. The molecule has 0 saturated heterocycles. The molecule has 0 radical (unpaired) electrons. The Morgan fingerprint density at radius 3 is 2.82 bits per heavy atom. The van der Waals surface area contributed by atoms with Gasteiger partial charge in [-0.3, -0.25) is 0 Å². The molecule has 0 heterocycles. The SMILES string of the molecule is NCC(NCCC1CC1)c1ccc(F)cc1Br. The molecule has 0 bridgehead atoms. The van der Waals surface area contributed by atoms with Gasteiger partial charge in [-0.2, -0.15) is 0 Å². The van der Waals surface area contributed by atoms with E-state index in [0.717, 1.165) is 22.5 Å². The van der Waals surface area contributed by atoms with E-state index in [1.165, 1.54) is 31.4 Å². The van der Waals surface area contributed by atoms with Crippen molar-refractivity contribution in [1.29, 1.82) is 0 Å². The number of halogens is 2. The predicted octanol–water partition coefficient (Wildman–Crippen LogP) is 2.98. The van der Waals surface area contributed by atoms with Gasteiger partial charge in [-0.05, 0) is 36.6 Å². The summed E-state index contributed by atoms with van der Waals surface area (Å²) in [4.78, 5) is 0. The average Bonchev–Trinajstić information content (AvgIpc) is 3.10. The molecule has 1 aliphatic rings. The maximum absolute atomic E-state index is 13.0. The second-order valence-electron chi connectivity index (χ2n) is 4.64. The van der Waals surface area contributed by atoms with Crippen LogP contribution in [0.25, 0.3) is 0 Å². The van der Waals surface area contributed by atoms with Crippen LogP contribution in [0.5, 0.6) is 0 Å². The highest BCUT2D eigenvalue weighted by Crippen LogP contribution is 2.32. The van der Waals surface area contributed by atoms with E-state index in [9.17, 15) is 4.39 Å². The van der Waals surface area contributed by atoms with Gasteiger partial charge in [-0.15, -0.1) is 0 Å². The van der Waals surface area contributed by atoms with Crippen LogP contribution in [0.3, 0.4) is 0 Å². The Morgan fingerprint density at radius 2 is 2.24 bits per heavy atom. The van der Waals surface area contributed by atoms with Crippen molar-refractivity contribution in [3.8, 4) is 0 Å². The molecular formula is C13H18BrFN2. The highest BCUT2D eigenvalue weighted by Gasteiger charge is 2.21. The van der Waals surface area contributed by atoms with Gasteiger partial charge in [-0.25, -0.2) is 4.39 Å². The van der Waals surface area contributed by atoms with Crippen LogP contribution in [-0.4, -0.2) is 13.1 Å². The average molecular weight is 301 g/mol. The summed E-state index contributed by atoms with van der Waals surface area (Å²) >= 11 is 3.39. The van der Waals surface area contributed by atoms with Gasteiger partial charge in [0.1, 0.15) is 5.82 Å². The third-order valence-electron chi connectivity index (χ3n) is 3.21. The summed E-state index contributed by atoms with van der Waals surface area (Å²) in [5.74, 6) is 0.687. The molecule has 1 aromatic rings. The zero-order valence-corrected chi connectivity index (χ0v) is 11.3. The zero-order chi connectivity index (χ0) is 12.3. The van der Waals surface area contributed by atoms with E-state index < -0.39 is 0 Å². The van der Waals surface area contributed by atoms with Gasteiger partial charge in [0.05, 0.1) is 0 Å². The molecule has 4 heteroatoms. The van der Waals surface area contributed by atoms with Crippen LogP contribution < -0.4 is 11.1 Å². The first-order chi connectivity index (χ1) is 8.20. The fraction of sp³-hybridized carbons (Fsp3) is 0.538. The van der Waals surface area contributed by atoms with Crippen molar-refractivity contribution < 1.29 is 4.39 Å². The first-order valence-electron chi connectivity index (χ1n) is 6.09. The molecule has 1 aliphatic carbocycles. The summed E-state index contributed by atoms with van der Waals surface area (Å²) in [6.45, 7) is 1.51. The molecule has 3 N–H and O–H groups in total. The molecule has 2 nitrogen and oxygen atoms in total. The number of hydrogen-bond donors (Lipinski definition) is 2. The fourth-order valence-corrected chi connectivity index (χ4v) is 2.60. The van der Waals surface area contributed by atoms with E-state index >= 15 is 0 Å². The van der Waals surface area contributed by atoms with Crippen LogP contribution >= 0.6 is 15.9 Å². The van der Waals surface area contributed by atoms with Crippen molar-refractivity contribution >= 4 is 15.9 Å². The van der Waals surface area contributed by atoms with Crippen LogP contribution in [0.4, 0.5) is 4.39 Å². The minimum absolute atomic E-state index is 0.101. The molecule has 1 saturated carbocycles. The largest absolute Gasteiger partial charge is 0.329 e. The Hall–Kier alpha value is -0.450. The number of nitrogens with two attached hydrogens (primary N) is 1. The van der Waals surface area contributed by atoms with Gasteiger partial charge in [0, 0.05) is 17.1 Å². The second-order valence-corrected chi connectivity index (χ2v) is 5.49. The summed E-state index contributed by atoms with van der Waals surface area (Å²) in [5, 5.41) is 3.44. The lowest BCUT2D eigenvalue weighted by Gasteiger charge is -2.18. The van der Waals surface area contributed by atoms with Crippen molar-refractivity contribution in [2.45, 2.75) is 25.3 Å². The number of rotatable bonds is 6. The summed E-state index contributed by atoms with van der Waals surface area (Å²) in [6, 6.07) is 4.86. The first kappa shape index (κ1) is 13.0. The lowest BCUT2D eigenvalue weighted by atomic mass is 10.1. The van der Waals surface area contributed by atoms with Gasteiger partial charge < -0.3 is 11.1 Å². The monoisotopic (exact) mass is 300 g/mol. The second kappa shape index (κ2) is 5.94. The number of benzene rings is 1. The van der Waals surface area contributed by atoms with Crippen LogP contribution in [-0.2, 0) is 0 Å². The molecular weight excluding hydrogens is 283 g/mol. The Balaban J connectivity index is 1.94. The van der Waals surface area contributed by atoms with Gasteiger partial charge in [0.25, 0.3) is 0 Å². The van der Waals surface area contributed by atoms with Gasteiger partial charge >= 0.3 is 0 Å². The summed E-state index contributed by atoms with van der Waals surface area (Å²) in [5.41, 5.74) is 6.80. The lowest BCUT2D eigenvalue weighted by molar-refractivity contribution is 0.513. The molecule has 1 atom stereocenters. The standard InChI is InChI=1S/C13H18BrFN2/c14-12-7-10(15)3-4-11(12)13(8-16)17-6-5-9-1-2-9/h3-4,7,9,13,17H,1-2,5-6,8,16H2. The van der Waals surface area contributed by atoms with Crippen molar-refractivity contribution in [3.05, 3.63) is 34.1 Å². The number of nitrogens with one attached hydrogen (secondary N) is 1. The van der Waals surface area contributed by atoms with E-state index in [0.29, 0.717) is 6.54 Å². The van der Waals surface area contributed by atoms with Crippen LogP contribution in [0.2, 0.25) is 0 Å². The summed E-state index contributed by atoms with van der Waals surface area (Å²) in [6.07, 6.45) is 3.96. The number of hydrogen-bond acceptors (Lipinski definition) is 2. The fourth-order valence-electron chi connectivity index (χ4n) is 1.97. The Kier molecular flexibility index (Phi) is 4.54. The molecule has 2 rings (SSSR count). The van der Waals surface area contributed by atoms with E-state index in [1.807, 2.05) is 0 Å². The summed E-state index contributed by atoms with van der Waals surface area (Å²) in [7, 11) is 0. The molecule has 0 aromatic heterocycles. The highest BCUT2D eigenvalue weighted by atomic mass is 79.9. The van der Waals surface area contributed by atoms with Crippen LogP contribution in [0.1, 0.15) is 30.9 Å². The van der Waals surface area contributed by atoms with Crippen molar-refractivity contribution in [3.63, 3.8) is 0 Å². The van der Waals surface area contributed by atoms with Crippen molar-refractivity contribution in [2.24, 2.45) is 11.7 Å². The van der Waals surface area contributed by atoms with Gasteiger partial charge in [0.2, 0.25) is 0 Å². The van der Waals surface area contributed by atoms with E-state index in [4.69, 9.17) is 5.73 Å². The Bertz CT molecular complexity index is 380. The molecule has 0 aliphatic heterocycles. The maximum Gasteiger partial charge on any atom is 0.124 e. The van der Waals surface area contributed by atoms with E-state index in [-0.39, 0.29) is 11.9 Å². The topological polar surface area (TPSA) is 38.0 Å². The molecule has 1 unspecified atom stereocenters. The van der Waals surface area contributed by atoms with Crippen molar-refractivity contribution in [1.82, 2.24) is 5.32 Å². The van der Waals surface area contributed by atoms with Gasteiger partial charge in [0.15, 0.2) is 0 Å². The normalized spacial score (nSPS) is 17.1. The van der Waals surface area contributed by atoms with E-state index in [2.05, 4.69) is 21.2 Å². The molecule has 0 spiro atoms. The third-order valence-corrected chi connectivity index (χ3v) is 3.90. The third kappa shape index (κ3) is 3.76. The van der Waals surface area contributed by atoms with Crippen molar-refractivity contribution in [2.75, 3.05) is 13.1 Å². The molecule has 94 valence electrons. The lowest BCUT2D eigenvalue weighted by Crippen LogP contribution is -2.29. The quantitative estimate of drug-likeness (QED) is 0.848. The molecule has 17 heavy (non-hydrogen) atoms. The molecule has 1 fully saturated rings. The van der Waals surface area contributed by atoms with Crippen LogP contribution in [0.15, 0.2) is 22.7 Å². The minimum Gasteiger partial charge on any atom is -0.329 e. The molecule has 0 amide bonds. The molecule has 1 aromatic carbocycles. The van der Waals surface area contributed by atoms with Crippen LogP contribution in [0, 0.1) is 11.7 Å². The van der Waals surface area contributed by atoms with Gasteiger partial charge in [-0.1, -0.05) is 34.8 Å².